The molecule has 0 spiro atoms. The van der Waals surface area contributed by atoms with Crippen LogP contribution in [0.3, 0.4) is 0 Å². The number of rotatable bonds is 4. The van der Waals surface area contributed by atoms with Crippen LogP contribution in [-0.4, -0.2) is 42.8 Å². The molecule has 0 saturated carbocycles. The Labute approximate surface area is 109 Å². The summed E-state index contributed by atoms with van der Waals surface area (Å²) in [6.45, 7) is 5.09. The normalized spacial score (nSPS) is 23.1. The van der Waals surface area contributed by atoms with E-state index in [4.69, 9.17) is 4.74 Å². The van der Waals surface area contributed by atoms with Crippen LogP contribution in [0.4, 0.5) is 11.6 Å². The van der Waals surface area contributed by atoms with Gasteiger partial charge in [-0.05, 0) is 19.8 Å². The molecule has 1 aromatic rings. The standard InChI is InChI=1S/C13H22N4O/c1-5-10-12(14-3)15-8-16-13(10)17(4)11-6-7-18-9(11)2/h8-9,11H,5-7H2,1-4H3,(H,14,15,16). The van der Waals surface area contributed by atoms with Crippen molar-refractivity contribution in [1.82, 2.24) is 9.97 Å². The van der Waals surface area contributed by atoms with Gasteiger partial charge in [-0.25, -0.2) is 9.97 Å². The van der Waals surface area contributed by atoms with Crippen LogP contribution in [0, 0.1) is 0 Å². The molecule has 0 aliphatic carbocycles. The summed E-state index contributed by atoms with van der Waals surface area (Å²) in [5.41, 5.74) is 1.17. The van der Waals surface area contributed by atoms with Crippen LogP contribution in [0.25, 0.3) is 0 Å². The van der Waals surface area contributed by atoms with Crippen LogP contribution >= 0.6 is 0 Å². The molecule has 0 aromatic carbocycles. The highest BCUT2D eigenvalue weighted by Crippen LogP contribution is 2.28. The number of nitrogens with zero attached hydrogens (tertiary/aromatic N) is 3. The minimum absolute atomic E-state index is 0.257. The first kappa shape index (κ1) is 13.1. The van der Waals surface area contributed by atoms with Gasteiger partial charge in [-0.15, -0.1) is 0 Å². The Balaban J connectivity index is 2.32. The van der Waals surface area contributed by atoms with Crippen LogP contribution < -0.4 is 10.2 Å². The van der Waals surface area contributed by atoms with E-state index in [0.29, 0.717) is 6.04 Å². The molecule has 1 fully saturated rings. The molecule has 0 bridgehead atoms. The summed E-state index contributed by atoms with van der Waals surface area (Å²) < 4.78 is 5.64. The monoisotopic (exact) mass is 250 g/mol. The van der Waals surface area contributed by atoms with E-state index < -0.39 is 0 Å². The van der Waals surface area contributed by atoms with Crippen LogP contribution in [0.2, 0.25) is 0 Å². The Morgan fingerprint density at radius 2 is 2.28 bits per heavy atom. The highest BCUT2D eigenvalue weighted by molar-refractivity contribution is 5.58. The molecule has 2 rings (SSSR count). The van der Waals surface area contributed by atoms with Gasteiger partial charge in [0.1, 0.15) is 18.0 Å². The Morgan fingerprint density at radius 3 is 2.83 bits per heavy atom. The van der Waals surface area contributed by atoms with E-state index in [2.05, 4.69) is 41.1 Å². The van der Waals surface area contributed by atoms with Crippen LogP contribution in [0.15, 0.2) is 6.33 Å². The van der Waals surface area contributed by atoms with Gasteiger partial charge in [-0.1, -0.05) is 6.92 Å². The largest absolute Gasteiger partial charge is 0.376 e. The zero-order chi connectivity index (χ0) is 13.1. The van der Waals surface area contributed by atoms with Gasteiger partial charge in [0.15, 0.2) is 0 Å². The molecule has 5 heteroatoms. The molecule has 100 valence electrons. The predicted molar refractivity (Wildman–Crippen MR) is 73.2 cm³/mol. The fraction of sp³-hybridized carbons (Fsp3) is 0.692. The van der Waals surface area contributed by atoms with Crippen LogP contribution in [0.1, 0.15) is 25.8 Å². The second-order valence-electron chi connectivity index (χ2n) is 4.67. The maximum Gasteiger partial charge on any atom is 0.137 e. The topological polar surface area (TPSA) is 50.3 Å². The van der Waals surface area contributed by atoms with Crippen molar-refractivity contribution in [3.63, 3.8) is 0 Å². The van der Waals surface area contributed by atoms with Crippen molar-refractivity contribution in [2.24, 2.45) is 0 Å². The van der Waals surface area contributed by atoms with Gasteiger partial charge in [0, 0.05) is 26.3 Å². The van der Waals surface area contributed by atoms with Gasteiger partial charge in [-0.3, -0.25) is 0 Å². The van der Waals surface area contributed by atoms with Crippen molar-refractivity contribution >= 4 is 11.6 Å². The van der Waals surface area contributed by atoms with Crippen molar-refractivity contribution in [3.05, 3.63) is 11.9 Å². The fourth-order valence-corrected chi connectivity index (χ4v) is 2.63. The third kappa shape index (κ3) is 2.27. The van der Waals surface area contributed by atoms with Crippen LogP contribution in [-0.2, 0) is 11.2 Å². The Morgan fingerprint density at radius 1 is 1.50 bits per heavy atom. The number of anilines is 2. The molecule has 2 heterocycles. The molecule has 1 saturated heterocycles. The smallest absolute Gasteiger partial charge is 0.137 e. The summed E-state index contributed by atoms with van der Waals surface area (Å²) in [7, 11) is 3.99. The minimum atomic E-state index is 0.257. The summed E-state index contributed by atoms with van der Waals surface area (Å²) in [4.78, 5) is 11.0. The second kappa shape index (κ2) is 5.52. The van der Waals surface area contributed by atoms with E-state index in [-0.39, 0.29) is 6.10 Å². The number of aromatic nitrogens is 2. The number of hydrogen-bond donors (Lipinski definition) is 1. The average molecular weight is 250 g/mol. The summed E-state index contributed by atoms with van der Waals surface area (Å²) in [6, 6.07) is 0.398. The number of ether oxygens (including phenoxy) is 1. The molecule has 1 N–H and O–H groups in total. The molecule has 0 radical (unpaired) electrons. The first-order valence-corrected chi connectivity index (χ1v) is 6.55. The summed E-state index contributed by atoms with van der Waals surface area (Å²) in [5.74, 6) is 1.93. The Kier molecular flexibility index (Phi) is 4.01. The van der Waals surface area contributed by atoms with Gasteiger partial charge in [0.2, 0.25) is 0 Å². The molecule has 5 nitrogen and oxygen atoms in total. The van der Waals surface area contributed by atoms with E-state index in [9.17, 15) is 0 Å². The first-order valence-electron chi connectivity index (χ1n) is 6.55. The van der Waals surface area contributed by atoms with Gasteiger partial charge in [-0.2, -0.15) is 0 Å². The fourth-order valence-electron chi connectivity index (χ4n) is 2.63. The molecule has 1 aromatic heterocycles. The van der Waals surface area contributed by atoms with E-state index in [0.717, 1.165) is 31.1 Å². The van der Waals surface area contributed by atoms with Gasteiger partial charge in [0.05, 0.1) is 12.1 Å². The van der Waals surface area contributed by atoms with Crippen LogP contribution in [0.5, 0.6) is 0 Å². The molecular formula is C13H22N4O. The van der Waals surface area contributed by atoms with Crippen molar-refractivity contribution in [1.29, 1.82) is 0 Å². The SMILES string of the molecule is CCc1c(NC)ncnc1N(C)C1CCOC1C. The quantitative estimate of drug-likeness (QED) is 0.881. The number of hydrogen-bond acceptors (Lipinski definition) is 5. The van der Waals surface area contributed by atoms with Gasteiger partial charge in [0.25, 0.3) is 0 Å². The molecule has 1 aliphatic rings. The molecule has 18 heavy (non-hydrogen) atoms. The van der Waals surface area contributed by atoms with Crippen molar-refractivity contribution in [2.45, 2.75) is 38.8 Å². The lowest BCUT2D eigenvalue weighted by atomic mass is 10.1. The average Bonchev–Trinajstić information content (AvgIpc) is 2.83. The first-order chi connectivity index (χ1) is 8.69. The molecule has 2 unspecified atom stereocenters. The maximum absolute atomic E-state index is 5.64. The van der Waals surface area contributed by atoms with Gasteiger partial charge < -0.3 is 15.0 Å². The van der Waals surface area contributed by atoms with E-state index >= 15 is 0 Å². The van der Waals surface area contributed by atoms with E-state index in [1.165, 1.54) is 5.56 Å². The van der Waals surface area contributed by atoms with Crippen molar-refractivity contribution in [3.8, 4) is 0 Å². The highest BCUT2D eigenvalue weighted by Gasteiger charge is 2.30. The summed E-state index contributed by atoms with van der Waals surface area (Å²) >= 11 is 0. The number of nitrogens with one attached hydrogen (secondary N) is 1. The highest BCUT2D eigenvalue weighted by atomic mass is 16.5. The third-order valence-corrected chi connectivity index (χ3v) is 3.68. The Bertz CT molecular complexity index is 410. The maximum atomic E-state index is 5.64. The zero-order valence-corrected chi connectivity index (χ0v) is 11.6. The van der Waals surface area contributed by atoms with Gasteiger partial charge >= 0.3 is 0 Å². The minimum Gasteiger partial charge on any atom is -0.376 e. The molecular weight excluding hydrogens is 228 g/mol. The predicted octanol–water partition coefficient (Wildman–Crippen LogP) is 1.69. The molecule has 0 amide bonds. The molecule has 2 atom stereocenters. The Hall–Kier alpha value is -1.36. The number of likely N-dealkylation sites (N-methyl/N-ethyl adjacent to an activating group) is 1. The lowest BCUT2D eigenvalue weighted by Crippen LogP contribution is -2.38. The second-order valence-corrected chi connectivity index (χ2v) is 4.67. The zero-order valence-electron chi connectivity index (χ0n) is 11.6. The van der Waals surface area contributed by atoms with Crippen molar-refractivity contribution in [2.75, 3.05) is 30.9 Å². The van der Waals surface area contributed by atoms with E-state index in [1.54, 1.807) is 6.33 Å². The van der Waals surface area contributed by atoms with Crippen molar-refractivity contribution < 1.29 is 4.74 Å². The summed E-state index contributed by atoms with van der Waals surface area (Å²) in [6.07, 6.45) is 3.85. The summed E-state index contributed by atoms with van der Waals surface area (Å²) in [5, 5.41) is 3.13. The third-order valence-electron chi connectivity index (χ3n) is 3.68. The lowest BCUT2D eigenvalue weighted by molar-refractivity contribution is 0.118. The lowest BCUT2D eigenvalue weighted by Gasteiger charge is -2.29. The van der Waals surface area contributed by atoms with E-state index in [1.807, 2.05) is 7.05 Å². The molecule has 1 aliphatic heterocycles.